The van der Waals surface area contributed by atoms with E-state index in [0.717, 1.165) is 24.6 Å². The fraction of sp³-hybridized carbons (Fsp3) is 0.286. The first kappa shape index (κ1) is 14.3. The zero-order valence-electron chi connectivity index (χ0n) is 11.2. The molecule has 1 N–H and O–H groups in total. The standard InChI is InChI=1S/C14H14F3N3/c1-3-4-18-14-12(17)8(2)19-13(20-14)9-5-10(15)7-11(16)6-9/h5-7H,3-4H2,1-2H3,(H,18,19,20). The average molecular weight is 281 g/mol. The van der Waals surface area contributed by atoms with E-state index in [1.807, 2.05) is 6.92 Å². The van der Waals surface area contributed by atoms with Gasteiger partial charge >= 0.3 is 0 Å². The molecule has 1 aromatic heterocycles. The number of anilines is 1. The molecule has 0 aliphatic heterocycles. The van der Waals surface area contributed by atoms with E-state index in [1.165, 1.54) is 6.92 Å². The Balaban J connectivity index is 2.48. The molecule has 0 saturated heterocycles. The maximum absolute atomic E-state index is 13.8. The Bertz CT molecular complexity index is 609. The van der Waals surface area contributed by atoms with Gasteiger partial charge in [0.05, 0.1) is 5.69 Å². The summed E-state index contributed by atoms with van der Waals surface area (Å²) in [6.07, 6.45) is 0.798. The van der Waals surface area contributed by atoms with E-state index >= 15 is 0 Å². The van der Waals surface area contributed by atoms with Gasteiger partial charge in [-0.05, 0) is 25.5 Å². The number of aromatic nitrogens is 2. The first-order valence-electron chi connectivity index (χ1n) is 6.25. The number of nitrogens with one attached hydrogen (secondary N) is 1. The predicted molar refractivity (Wildman–Crippen MR) is 70.9 cm³/mol. The maximum Gasteiger partial charge on any atom is 0.186 e. The summed E-state index contributed by atoms with van der Waals surface area (Å²) >= 11 is 0. The minimum atomic E-state index is -0.728. The highest BCUT2D eigenvalue weighted by molar-refractivity contribution is 5.58. The summed E-state index contributed by atoms with van der Waals surface area (Å²) in [4.78, 5) is 7.93. The lowest BCUT2D eigenvalue weighted by Gasteiger charge is -2.09. The number of aryl methyl sites for hydroxylation is 1. The predicted octanol–water partition coefficient (Wildman–Crippen LogP) is 3.69. The molecule has 0 atom stereocenters. The van der Waals surface area contributed by atoms with Crippen LogP contribution < -0.4 is 5.32 Å². The molecule has 0 spiro atoms. The van der Waals surface area contributed by atoms with Crippen LogP contribution in [0.3, 0.4) is 0 Å². The molecule has 3 nitrogen and oxygen atoms in total. The van der Waals surface area contributed by atoms with Gasteiger partial charge in [0.25, 0.3) is 0 Å². The first-order valence-corrected chi connectivity index (χ1v) is 6.25. The molecule has 2 aromatic rings. The Morgan fingerprint density at radius 1 is 1.05 bits per heavy atom. The van der Waals surface area contributed by atoms with Crippen molar-refractivity contribution in [3.63, 3.8) is 0 Å². The van der Waals surface area contributed by atoms with Crippen molar-refractivity contribution >= 4 is 5.82 Å². The van der Waals surface area contributed by atoms with E-state index in [2.05, 4.69) is 15.3 Å². The Kier molecular flexibility index (Phi) is 4.22. The van der Waals surface area contributed by atoms with Crippen LogP contribution >= 0.6 is 0 Å². The van der Waals surface area contributed by atoms with Gasteiger partial charge in [-0.1, -0.05) is 6.92 Å². The second-order valence-electron chi connectivity index (χ2n) is 4.38. The molecule has 0 fully saturated rings. The monoisotopic (exact) mass is 281 g/mol. The van der Waals surface area contributed by atoms with Gasteiger partial charge in [-0.25, -0.2) is 23.1 Å². The summed E-state index contributed by atoms with van der Waals surface area (Å²) in [6.45, 7) is 3.96. The molecule has 0 radical (unpaired) electrons. The van der Waals surface area contributed by atoms with Gasteiger partial charge in [0, 0.05) is 18.2 Å². The SMILES string of the molecule is CCCNc1nc(-c2cc(F)cc(F)c2)nc(C)c1F. The van der Waals surface area contributed by atoms with Crippen molar-refractivity contribution in [1.82, 2.24) is 9.97 Å². The lowest BCUT2D eigenvalue weighted by atomic mass is 10.2. The van der Waals surface area contributed by atoms with Crippen LogP contribution in [0.2, 0.25) is 0 Å². The minimum Gasteiger partial charge on any atom is -0.368 e. The maximum atomic E-state index is 13.8. The molecule has 0 aliphatic carbocycles. The Morgan fingerprint density at radius 2 is 1.70 bits per heavy atom. The molecule has 0 bridgehead atoms. The molecule has 0 unspecified atom stereocenters. The summed E-state index contributed by atoms with van der Waals surface area (Å²) in [7, 11) is 0. The first-order chi connectivity index (χ1) is 9.51. The summed E-state index contributed by atoms with van der Waals surface area (Å²) in [6, 6.07) is 2.98. The van der Waals surface area contributed by atoms with Crippen molar-refractivity contribution in [2.75, 3.05) is 11.9 Å². The highest BCUT2D eigenvalue weighted by atomic mass is 19.1. The number of halogens is 3. The van der Waals surface area contributed by atoms with Crippen LogP contribution in [0.5, 0.6) is 0 Å². The summed E-state index contributed by atoms with van der Waals surface area (Å²) in [5, 5.41) is 2.83. The topological polar surface area (TPSA) is 37.8 Å². The molecular weight excluding hydrogens is 267 g/mol. The van der Waals surface area contributed by atoms with Gasteiger partial charge in [0.2, 0.25) is 0 Å². The third-order valence-corrected chi connectivity index (χ3v) is 2.68. The fourth-order valence-corrected chi connectivity index (χ4v) is 1.73. The van der Waals surface area contributed by atoms with Crippen LogP contribution in [-0.2, 0) is 0 Å². The minimum absolute atomic E-state index is 0.0408. The van der Waals surface area contributed by atoms with Gasteiger partial charge in [-0.2, -0.15) is 0 Å². The van der Waals surface area contributed by atoms with Gasteiger partial charge in [0.15, 0.2) is 17.5 Å². The Labute approximate surface area is 114 Å². The summed E-state index contributed by atoms with van der Waals surface area (Å²) in [5.41, 5.74) is 0.295. The number of hydrogen-bond acceptors (Lipinski definition) is 3. The van der Waals surface area contributed by atoms with E-state index in [-0.39, 0.29) is 22.9 Å². The second-order valence-corrected chi connectivity index (χ2v) is 4.38. The lowest BCUT2D eigenvalue weighted by Crippen LogP contribution is -2.08. The second kappa shape index (κ2) is 5.90. The van der Waals surface area contributed by atoms with E-state index in [1.54, 1.807) is 0 Å². The van der Waals surface area contributed by atoms with E-state index in [4.69, 9.17) is 0 Å². The molecule has 0 saturated carbocycles. The summed E-state index contributed by atoms with van der Waals surface area (Å²) < 4.78 is 40.3. The fourth-order valence-electron chi connectivity index (χ4n) is 1.73. The molecule has 0 aliphatic rings. The smallest absolute Gasteiger partial charge is 0.186 e. The van der Waals surface area contributed by atoms with Crippen molar-refractivity contribution in [1.29, 1.82) is 0 Å². The highest BCUT2D eigenvalue weighted by Gasteiger charge is 2.13. The van der Waals surface area contributed by atoms with E-state index < -0.39 is 17.5 Å². The molecule has 0 amide bonds. The number of rotatable bonds is 4. The van der Waals surface area contributed by atoms with Crippen LogP contribution in [0.15, 0.2) is 18.2 Å². The molecule has 106 valence electrons. The van der Waals surface area contributed by atoms with Crippen molar-refractivity contribution in [2.45, 2.75) is 20.3 Å². The average Bonchev–Trinajstić information content (AvgIpc) is 2.39. The molecule has 20 heavy (non-hydrogen) atoms. The van der Waals surface area contributed by atoms with Gasteiger partial charge in [0.1, 0.15) is 11.6 Å². The number of nitrogens with zero attached hydrogens (tertiary/aromatic N) is 2. The molecule has 1 heterocycles. The van der Waals surface area contributed by atoms with Crippen molar-refractivity contribution in [3.05, 3.63) is 41.3 Å². The zero-order chi connectivity index (χ0) is 14.7. The lowest BCUT2D eigenvalue weighted by molar-refractivity contribution is 0.583. The van der Waals surface area contributed by atoms with Crippen molar-refractivity contribution in [3.8, 4) is 11.4 Å². The van der Waals surface area contributed by atoms with Crippen molar-refractivity contribution < 1.29 is 13.2 Å². The Morgan fingerprint density at radius 3 is 2.30 bits per heavy atom. The van der Waals surface area contributed by atoms with Crippen molar-refractivity contribution in [2.24, 2.45) is 0 Å². The van der Waals surface area contributed by atoms with Gasteiger partial charge < -0.3 is 5.32 Å². The molecular formula is C14H14F3N3. The molecule has 2 rings (SSSR count). The summed E-state index contributed by atoms with van der Waals surface area (Å²) in [5.74, 6) is -1.89. The van der Waals surface area contributed by atoms with Crippen LogP contribution in [0, 0.1) is 24.4 Å². The van der Waals surface area contributed by atoms with E-state index in [0.29, 0.717) is 6.54 Å². The van der Waals surface area contributed by atoms with Crippen LogP contribution in [0.25, 0.3) is 11.4 Å². The Hall–Kier alpha value is -2.11. The van der Waals surface area contributed by atoms with E-state index in [9.17, 15) is 13.2 Å². The van der Waals surface area contributed by atoms with Gasteiger partial charge in [-0.15, -0.1) is 0 Å². The normalized spacial score (nSPS) is 10.7. The highest BCUT2D eigenvalue weighted by Crippen LogP contribution is 2.22. The largest absolute Gasteiger partial charge is 0.368 e. The van der Waals surface area contributed by atoms with Crippen LogP contribution in [0.4, 0.5) is 19.0 Å². The third kappa shape index (κ3) is 3.07. The molecule has 1 aromatic carbocycles. The number of benzene rings is 1. The van der Waals surface area contributed by atoms with Crippen LogP contribution in [0.1, 0.15) is 19.0 Å². The van der Waals surface area contributed by atoms with Gasteiger partial charge in [-0.3, -0.25) is 0 Å². The zero-order valence-corrected chi connectivity index (χ0v) is 11.2. The number of hydrogen-bond donors (Lipinski definition) is 1. The molecule has 6 heteroatoms. The quantitative estimate of drug-likeness (QED) is 0.928. The van der Waals surface area contributed by atoms with Crippen LogP contribution in [-0.4, -0.2) is 16.5 Å². The third-order valence-electron chi connectivity index (χ3n) is 2.68.